The van der Waals surface area contributed by atoms with E-state index < -0.39 is 0 Å². The van der Waals surface area contributed by atoms with E-state index in [0.717, 1.165) is 22.8 Å². The molecule has 0 saturated carbocycles. The van der Waals surface area contributed by atoms with Gasteiger partial charge in [-0.05, 0) is 67.7 Å². The van der Waals surface area contributed by atoms with Gasteiger partial charge in [-0.25, -0.2) is 0 Å². The Morgan fingerprint density at radius 1 is 1.00 bits per heavy atom. The summed E-state index contributed by atoms with van der Waals surface area (Å²) in [5.41, 5.74) is 5.07. The molecule has 7 heteroatoms. The number of nitrogens with one attached hydrogen (secondary N) is 2. The van der Waals surface area contributed by atoms with Crippen LogP contribution in [0.2, 0.25) is 0 Å². The number of pyridine rings is 1. The minimum Gasteiger partial charge on any atom is -0.352 e. The molecule has 1 saturated heterocycles. The molecule has 3 heterocycles. The largest absolute Gasteiger partial charge is 0.352 e. The first-order chi connectivity index (χ1) is 17.1. The Labute approximate surface area is 210 Å². The summed E-state index contributed by atoms with van der Waals surface area (Å²) in [6.45, 7) is 2.57. The fraction of sp³-hybridized carbons (Fsp3) is 0.179. The van der Waals surface area contributed by atoms with Crippen molar-refractivity contribution in [3.8, 4) is 5.69 Å². The summed E-state index contributed by atoms with van der Waals surface area (Å²) < 4.78 is 2.19. The van der Waals surface area contributed by atoms with E-state index in [-0.39, 0.29) is 18.0 Å². The summed E-state index contributed by atoms with van der Waals surface area (Å²) in [5, 5.41) is 7.06. The van der Waals surface area contributed by atoms with Crippen molar-refractivity contribution in [2.45, 2.75) is 25.4 Å². The Hall–Kier alpha value is -3.97. The number of anilines is 1. The first kappa shape index (κ1) is 22.8. The zero-order valence-corrected chi connectivity index (χ0v) is 20.3. The van der Waals surface area contributed by atoms with Crippen molar-refractivity contribution in [2.24, 2.45) is 0 Å². The number of nitrogens with zero attached hydrogens (tertiary/aromatic N) is 3. The Bertz CT molecular complexity index is 1300. The van der Waals surface area contributed by atoms with E-state index in [4.69, 9.17) is 12.2 Å². The second-order valence-electron chi connectivity index (χ2n) is 8.62. The molecular weight excluding hydrogens is 454 g/mol. The predicted octanol–water partition coefficient (Wildman–Crippen LogP) is 5.18. The number of hydrogen-bond donors (Lipinski definition) is 2. The molecule has 0 spiro atoms. The molecule has 5 rings (SSSR count). The van der Waals surface area contributed by atoms with E-state index in [0.29, 0.717) is 18.1 Å². The van der Waals surface area contributed by atoms with Crippen LogP contribution in [0.5, 0.6) is 0 Å². The molecule has 4 aromatic rings. The quantitative estimate of drug-likeness (QED) is 0.356. The Morgan fingerprint density at radius 2 is 1.77 bits per heavy atom. The maximum Gasteiger partial charge on any atom is 0.226 e. The Kier molecular flexibility index (Phi) is 6.59. The van der Waals surface area contributed by atoms with Gasteiger partial charge in [-0.1, -0.05) is 42.0 Å². The van der Waals surface area contributed by atoms with E-state index >= 15 is 0 Å². The molecule has 0 radical (unpaired) electrons. The molecule has 1 fully saturated rings. The number of aryl methyl sites for hydroxylation is 1. The molecule has 0 aliphatic carbocycles. The SMILES string of the molecule is Cc1ccc(-n2cccc2[C@@H]2[C@@H](c3ccccn3)NC(=S)N2CCC(=O)Nc2ccccc2)cc1. The summed E-state index contributed by atoms with van der Waals surface area (Å²) in [6, 6.07) is 27.8. The third-order valence-electron chi connectivity index (χ3n) is 6.23. The van der Waals surface area contributed by atoms with Crippen LogP contribution in [-0.2, 0) is 4.79 Å². The number of para-hydroxylation sites is 1. The first-order valence-corrected chi connectivity index (χ1v) is 12.1. The van der Waals surface area contributed by atoms with Crippen molar-refractivity contribution in [3.63, 3.8) is 0 Å². The van der Waals surface area contributed by atoms with Crippen LogP contribution in [0, 0.1) is 6.92 Å². The van der Waals surface area contributed by atoms with Gasteiger partial charge in [0.2, 0.25) is 5.91 Å². The van der Waals surface area contributed by atoms with Crippen molar-refractivity contribution in [1.82, 2.24) is 19.8 Å². The Morgan fingerprint density at radius 3 is 2.51 bits per heavy atom. The smallest absolute Gasteiger partial charge is 0.226 e. The number of aromatic nitrogens is 2. The number of rotatable bonds is 7. The highest BCUT2D eigenvalue weighted by Crippen LogP contribution is 2.39. The lowest BCUT2D eigenvalue weighted by molar-refractivity contribution is -0.116. The lowest BCUT2D eigenvalue weighted by Gasteiger charge is -2.29. The minimum absolute atomic E-state index is 0.0482. The normalized spacial score (nSPS) is 17.3. The predicted molar refractivity (Wildman–Crippen MR) is 142 cm³/mol. The van der Waals surface area contributed by atoms with Gasteiger partial charge in [0.05, 0.1) is 17.8 Å². The summed E-state index contributed by atoms with van der Waals surface area (Å²) in [4.78, 5) is 19.4. The number of amides is 1. The zero-order chi connectivity index (χ0) is 24.2. The monoisotopic (exact) mass is 481 g/mol. The van der Waals surface area contributed by atoms with Crippen LogP contribution in [0.25, 0.3) is 5.69 Å². The standard InChI is InChI=1S/C28H27N5OS/c1-20-12-14-22(15-13-20)32-18-7-11-24(32)27-26(23-10-5-6-17-29-23)31-28(35)33(27)19-16-25(34)30-21-8-3-2-4-9-21/h2-15,17-18,26-27H,16,19H2,1H3,(H,30,34)(H,31,35)/t26-,27-/m1/s1. The highest BCUT2D eigenvalue weighted by Gasteiger charge is 2.41. The van der Waals surface area contributed by atoms with Crippen molar-refractivity contribution < 1.29 is 4.79 Å². The number of benzene rings is 2. The van der Waals surface area contributed by atoms with Gasteiger partial charge in [0.1, 0.15) is 0 Å². The number of hydrogen-bond acceptors (Lipinski definition) is 3. The van der Waals surface area contributed by atoms with Gasteiger partial charge in [0.15, 0.2) is 5.11 Å². The van der Waals surface area contributed by atoms with Gasteiger partial charge in [0.25, 0.3) is 0 Å². The van der Waals surface area contributed by atoms with Gasteiger partial charge < -0.3 is 20.1 Å². The zero-order valence-electron chi connectivity index (χ0n) is 19.5. The fourth-order valence-corrected chi connectivity index (χ4v) is 4.84. The molecule has 1 amide bonds. The highest BCUT2D eigenvalue weighted by atomic mass is 32.1. The molecule has 2 aromatic carbocycles. The van der Waals surface area contributed by atoms with Crippen LogP contribution in [0.15, 0.2) is 97.3 Å². The first-order valence-electron chi connectivity index (χ1n) is 11.7. The molecule has 2 aromatic heterocycles. The maximum atomic E-state index is 12.7. The second-order valence-corrected chi connectivity index (χ2v) is 9.01. The molecule has 1 aliphatic heterocycles. The van der Waals surface area contributed by atoms with Crippen LogP contribution >= 0.6 is 12.2 Å². The molecule has 0 bridgehead atoms. The van der Waals surface area contributed by atoms with Gasteiger partial charge >= 0.3 is 0 Å². The third-order valence-corrected chi connectivity index (χ3v) is 6.58. The lowest BCUT2D eigenvalue weighted by Crippen LogP contribution is -2.33. The van der Waals surface area contributed by atoms with Crippen LogP contribution < -0.4 is 10.6 Å². The van der Waals surface area contributed by atoms with E-state index in [1.165, 1.54) is 5.56 Å². The number of carbonyl (C=O) groups excluding carboxylic acids is 1. The van der Waals surface area contributed by atoms with Crippen molar-refractivity contribution in [2.75, 3.05) is 11.9 Å². The summed E-state index contributed by atoms with van der Waals surface area (Å²) in [7, 11) is 0. The minimum atomic E-state index is -0.139. The summed E-state index contributed by atoms with van der Waals surface area (Å²) in [5.74, 6) is -0.0482. The van der Waals surface area contributed by atoms with Gasteiger partial charge in [-0.3, -0.25) is 9.78 Å². The molecular formula is C28H27N5OS. The molecule has 2 N–H and O–H groups in total. The highest BCUT2D eigenvalue weighted by molar-refractivity contribution is 7.80. The molecule has 1 aliphatic rings. The van der Waals surface area contributed by atoms with E-state index in [9.17, 15) is 4.79 Å². The molecule has 0 unspecified atom stereocenters. The fourth-order valence-electron chi connectivity index (χ4n) is 4.51. The van der Waals surface area contributed by atoms with E-state index in [1.807, 2.05) is 54.6 Å². The molecule has 6 nitrogen and oxygen atoms in total. The average molecular weight is 482 g/mol. The van der Waals surface area contributed by atoms with Crippen molar-refractivity contribution >= 4 is 28.9 Å². The third kappa shape index (κ3) is 4.95. The molecule has 176 valence electrons. The summed E-state index contributed by atoms with van der Waals surface area (Å²) >= 11 is 5.77. The van der Waals surface area contributed by atoms with Crippen LogP contribution in [0.4, 0.5) is 5.69 Å². The second kappa shape index (κ2) is 10.1. The average Bonchev–Trinajstić information content (AvgIpc) is 3.48. The van der Waals surface area contributed by atoms with Gasteiger partial charge in [0, 0.05) is 42.4 Å². The number of thiocarbonyl (C=S) groups is 1. The topological polar surface area (TPSA) is 62.2 Å². The van der Waals surface area contributed by atoms with Gasteiger partial charge in [-0.2, -0.15) is 0 Å². The van der Waals surface area contributed by atoms with E-state index in [2.05, 4.69) is 68.5 Å². The summed E-state index contributed by atoms with van der Waals surface area (Å²) in [6.07, 6.45) is 4.18. The van der Waals surface area contributed by atoms with Crippen LogP contribution in [0.3, 0.4) is 0 Å². The van der Waals surface area contributed by atoms with Crippen molar-refractivity contribution in [1.29, 1.82) is 0 Å². The maximum absolute atomic E-state index is 12.7. The molecule has 2 atom stereocenters. The van der Waals surface area contributed by atoms with Crippen LogP contribution in [-0.4, -0.2) is 32.0 Å². The Balaban J connectivity index is 1.45. The lowest BCUT2D eigenvalue weighted by atomic mass is 10.0. The van der Waals surface area contributed by atoms with Gasteiger partial charge in [-0.15, -0.1) is 0 Å². The van der Waals surface area contributed by atoms with E-state index in [1.54, 1.807) is 6.20 Å². The molecule has 35 heavy (non-hydrogen) atoms. The number of carbonyl (C=O) groups is 1. The van der Waals surface area contributed by atoms with Crippen LogP contribution in [0.1, 0.15) is 35.5 Å². The van der Waals surface area contributed by atoms with Crippen molar-refractivity contribution in [3.05, 3.63) is 114 Å².